The minimum Gasteiger partial charge on any atom is -0.387 e. The number of benzene rings is 4. The fourth-order valence-corrected chi connectivity index (χ4v) is 6.35. The molecule has 4 aromatic carbocycles. The van der Waals surface area contributed by atoms with Crippen molar-refractivity contribution in [3.8, 4) is 11.1 Å². The summed E-state index contributed by atoms with van der Waals surface area (Å²) < 4.78 is 85.2. The Morgan fingerprint density at radius 2 is 1.54 bits per heavy atom. The quantitative estimate of drug-likeness (QED) is 0.127. The Morgan fingerprint density at radius 3 is 2.12 bits per heavy atom. The molecule has 1 aliphatic heterocycles. The predicted molar refractivity (Wildman–Crippen MR) is 184 cm³/mol. The van der Waals surface area contributed by atoms with Crippen LogP contribution in [0.15, 0.2) is 96.2 Å². The van der Waals surface area contributed by atoms with Crippen LogP contribution in [0.1, 0.15) is 77.9 Å². The number of rotatable bonds is 10. The van der Waals surface area contributed by atoms with Crippen LogP contribution in [0.3, 0.4) is 0 Å². The van der Waals surface area contributed by atoms with E-state index in [-0.39, 0.29) is 29.4 Å². The second-order valence-electron chi connectivity index (χ2n) is 13.5. The number of nitrogens with zero attached hydrogens (tertiary/aromatic N) is 1. The average Bonchev–Trinajstić information content (AvgIpc) is 3.43. The summed E-state index contributed by atoms with van der Waals surface area (Å²) in [5, 5.41) is 7.02. The second kappa shape index (κ2) is 14.4. The van der Waals surface area contributed by atoms with E-state index in [4.69, 9.17) is 9.39 Å². The van der Waals surface area contributed by atoms with Gasteiger partial charge in [0, 0.05) is 29.5 Å². The number of carbonyl (C=O) groups is 1. The van der Waals surface area contributed by atoms with E-state index in [2.05, 4.69) is 55.5 Å². The molecule has 1 aliphatic rings. The first kappa shape index (κ1) is 36.7. The standard InChI is InChI=1S/C38H38F4N2O5S/c1-23-34(44-49-35(23)28-13-18-33(39)31(22-28)25-11-16-30(17-12-25)38(40,41)42)32(26-9-14-29(15-10-26)37(2,3)4)21-24-5-7-27(8-6-24)36(45)43-19-20-50(46,47)48/h5-18,22-23,32,35H,19-21H2,1-4H3,(H,43,45)(H,46,47,48). The summed E-state index contributed by atoms with van der Waals surface area (Å²) in [6, 6.07) is 24.0. The lowest BCUT2D eigenvalue weighted by molar-refractivity contribution is -0.137. The number of hydrogen-bond acceptors (Lipinski definition) is 5. The van der Waals surface area contributed by atoms with Gasteiger partial charge in [0.1, 0.15) is 5.82 Å². The molecule has 0 radical (unpaired) electrons. The van der Waals surface area contributed by atoms with Crippen LogP contribution in [-0.2, 0) is 33.0 Å². The highest BCUT2D eigenvalue weighted by Crippen LogP contribution is 2.41. The van der Waals surface area contributed by atoms with Crippen molar-refractivity contribution in [2.24, 2.45) is 11.1 Å². The highest BCUT2D eigenvalue weighted by Gasteiger charge is 2.37. The smallest absolute Gasteiger partial charge is 0.387 e. The van der Waals surface area contributed by atoms with Crippen LogP contribution < -0.4 is 5.32 Å². The van der Waals surface area contributed by atoms with E-state index in [0.29, 0.717) is 23.1 Å². The minimum absolute atomic E-state index is 0.0640. The first-order valence-electron chi connectivity index (χ1n) is 16.0. The van der Waals surface area contributed by atoms with Gasteiger partial charge >= 0.3 is 6.18 Å². The number of hydrogen-bond donors (Lipinski definition) is 2. The average molecular weight is 711 g/mol. The fraction of sp³-hybridized carbons (Fsp3) is 0.316. The van der Waals surface area contributed by atoms with E-state index in [1.165, 1.54) is 18.2 Å². The zero-order chi connectivity index (χ0) is 36.4. The minimum atomic E-state index is -4.51. The lowest BCUT2D eigenvalue weighted by Gasteiger charge is -2.24. The van der Waals surface area contributed by atoms with Crippen LogP contribution in [0.5, 0.6) is 0 Å². The van der Waals surface area contributed by atoms with Crippen LogP contribution in [-0.4, -0.2) is 36.9 Å². The zero-order valence-corrected chi connectivity index (χ0v) is 28.8. The van der Waals surface area contributed by atoms with Crippen LogP contribution in [0.2, 0.25) is 0 Å². The maximum atomic E-state index is 15.0. The third-order valence-electron chi connectivity index (χ3n) is 8.87. The van der Waals surface area contributed by atoms with Crippen molar-refractivity contribution < 1.29 is 40.2 Å². The van der Waals surface area contributed by atoms with Gasteiger partial charge in [-0.3, -0.25) is 9.35 Å². The largest absolute Gasteiger partial charge is 0.416 e. The SMILES string of the molecule is CC1C(C(Cc2ccc(C(=O)NCCS(=O)(=O)O)cc2)c2ccc(C(C)(C)C)cc2)=NOC1c1ccc(F)c(-c2ccc(C(F)(F)F)cc2)c1. The molecule has 3 atom stereocenters. The van der Waals surface area contributed by atoms with Crippen molar-refractivity contribution in [1.29, 1.82) is 0 Å². The normalized spacial score (nSPS) is 17.2. The molecule has 1 heterocycles. The van der Waals surface area contributed by atoms with E-state index >= 15 is 0 Å². The molecule has 0 saturated carbocycles. The van der Waals surface area contributed by atoms with Crippen LogP contribution in [0, 0.1) is 11.7 Å². The maximum absolute atomic E-state index is 15.0. The summed E-state index contributed by atoms with van der Waals surface area (Å²) in [5.41, 5.74) is 4.31. The van der Waals surface area contributed by atoms with Gasteiger partial charge in [-0.05, 0) is 76.1 Å². The molecule has 2 N–H and O–H groups in total. The number of carbonyl (C=O) groups excluding carboxylic acids is 1. The molecule has 7 nitrogen and oxygen atoms in total. The molecule has 5 rings (SSSR count). The van der Waals surface area contributed by atoms with E-state index in [1.54, 1.807) is 24.3 Å². The number of halogens is 4. The first-order valence-corrected chi connectivity index (χ1v) is 17.6. The monoisotopic (exact) mass is 710 g/mol. The van der Waals surface area contributed by atoms with Gasteiger partial charge in [0.15, 0.2) is 6.10 Å². The van der Waals surface area contributed by atoms with E-state index in [9.17, 15) is 30.8 Å². The first-order chi connectivity index (χ1) is 23.4. The zero-order valence-electron chi connectivity index (χ0n) is 28.0. The number of alkyl halides is 3. The molecule has 0 saturated heterocycles. The highest BCUT2D eigenvalue weighted by molar-refractivity contribution is 7.85. The van der Waals surface area contributed by atoms with Crippen molar-refractivity contribution in [2.75, 3.05) is 12.3 Å². The number of oxime groups is 1. The van der Waals surface area contributed by atoms with Gasteiger partial charge in [-0.1, -0.05) is 87.4 Å². The molecule has 264 valence electrons. The Morgan fingerprint density at radius 1 is 0.920 bits per heavy atom. The Kier molecular flexibility index (Phi) is 10.5. The van der Waals surface area contributed by atoms with E-state index in [1.807, 2.05) is 19.1 Å². The molecule has 0 aromatic heterocycles. The Hall–Kier alpha value is -4.55. The fourth-order valence-electron chi connectivity index (χ4n) is 5.99. The summed E-state index contributed by atoms with van der Waals surface area (Å²) in [5.74, 6) is -2.15. The van der Waals surface area contributed by atoms with Gasteiger partial charge in [0.05, 0.1) is 17.0 Å². The number of nitrogens with one attached hydrogen (secondary N) is 1. The molecule has 1 amide bonds. The highest BCUT2D eigenvalue weighted by atomic mass is 32.2. The summed E-state index contributed by atoms with van der Waals surface area (Å²) in [7, 11) is -4.20. The van der Waals surface area contributed by atoms with Gasteiger partial charge in [-0.25, -0.2) is 4.39 Å². The van der Waals surface area contributed by atoms with Gasteiger partial charge < -0.3 is 10.2 Å². The van der Waals surface area contributed by atoms with Crippen LogP contribution in [0.4, 0.5) is 17.6 Å². The molecule has 3 unspecified atom stereocenters. The number of amides is 1. The Labute approximate surface area is 289 Å². The molecule has 4 aromatic rings. The van der Waals surface area contributed by atoms with Crippen LogP contribution in [0.25, 0.3) is 11.1 Å². The predicted octanol–water partition coefficient (Wildman–Crippen LogP) is 8.52. The van der Waals surface area contributed by atoms with Gasteiger partial charge in [-0.2, -0.15) is 21.6 Å². The van der Waals surface area contributed by atoms with E-state index in [0.717, 1.165) is 34.5 Å². The van der Waals surface area contributed by atoms with Crippen LogP contribution >= 0.6 is 0 Å². The summed E-state index contributed by atoms with van der Waals surface area (Å²) in [6.45, 7) is 8.12. The summed E-state index contributed by atoms with van der Waals surface area (Å²) >= 11 is 0. The topological polar surface area (TPSA) is 105 Å². The molecular formula is C38H38F4N2O5S. The molecule has 50 heavy (non-hydrogen) atoms. The van der Waals surface area contributed by atoms with Crippen molar-refractivity contribution in [3.63, 3.8) is 0 Å². The molecule has 0 bridgehead atoms. The van der Waals surface area contributed by atoms with Gasteiger partial charge in [-0.15, -0.1) is 0 Å². The van der Waals surface area contributed by atoms with E-state index < -0.39 is 45.4 Å². The third-order valence-corrected chi connectivity index (χ3v) is 9.59. The molecule has 12 heteroatoms. The molecule has 0 aliphatic carbocycles. The second-order valence-corrected chi connectivity index (χ2v) is 15.1. The molecule has 0 spiro atoms. The van der Waals surface area contributed by atoms with Crippen molar-refractivity contribution in [1.82, 2.24) is 5.32 Å². The lowest BCUT2D eigenvalue weighted by atomic mass is 9.79. The van der Waals surface area contributed by atoms with Crippen molar-refractivity contribution in [2.45, 2.75) is 57.7 Å². The molecular weight excluding hydrogens is 672 g/mol. The lowest BCUT2D eigenvalue weighted by Crippen LogP contribution is -2.28. The summed E-state index contributed by atoms with van der Waals surface area (Å²) in [4.78, 5) is 18.5. The summed E-state index contributed by atoms with van der Waals surface area (Å²) in [6.07, 6.45) is -4.59. The van der Waals surface area contributed by atoms with Gasteiger partial charge in [0.25, 0.3) is 16.0 Å². The van der Waals surface area contributed by atoms with Crippen molar-refractivity contribution in [3.05, 3.63) is 130 Å². The third kappa shape index (κ3) is 8.78. The Balaban J connectivity index is 1.40. The Bertz CT molecular complexity index is 1970. The van der Waals surface area contributed by atoms with Gasteiger partial charge in [0.2, 0.25) is 0 Å². The van der Waals surface area contributed by atoms with Crippen molar-refractivity contribution >= 4 is 21.7 Å². The molecule has 0 fully saturated rings. The maximum Gasteiger partial charge on any atom is 0.416 e.